The van der Waals surface area contributed by atoms with Gasteiger partial charge in [-0.1, -0.05) is 13.2 Å². The average Bonchev–Trinajstić information content (AvgIpc) is 2.57. The highest BCUT2D eigenvalue weighted by atomic mass is 16.5. The molecule has 0 atom stereocenters. The van der Waals surface area contributed by atoms with Gasteiger partial charge < -0.3 is 10.1 Å². The maximum Gasteiger partial charge on any atom is 0.334 e. The summed E-state index contributed by atoms with van der Waals surface area (Å²) in [7, 11) is 0. The maximum atomic E-state index is 10.1. The molecule has 1 aliphatic heterocycles. The summed E-state index contributed by atoms with van der Waals surface area (Å²) >= 11 is 0. The van der Waals surface area contributed by atoms with E-state index in [0.29, 0.717) is 0 Å². The van der Waals surface area contributed by atoms with Crippen molar-refractivity contribution in [1.29, 1.82) is 0 Å². The molecule has 1 fully saturated rings. The van der Waals surface area contributed by atoms with Crippen molar-refractivity contribution in [3.8, 4) is 0 Å². The minimum absolute atomic E-state index is 0.204. The van der Waals surface area contributed by atoms with Crippen LogP contribution in [0.4, 0.5) is 0 Å². The van der Waals surface area contributed by atoms with Crippen LogP contribution in [0.2, 0.25) is 0 Å². The fraction of sp³-hybridized carbons (Fsp3) is 0.333. The van der Waals surface area contributed by atoms with Gasteiger partial charge in [0.2, 0.25) is 5.91 Å². The molecule has 1 saturated heterocycles. The lowest BCUT2D eigenvalue weighted by atomic mass is 10.4. The third-order valence-corrected chi connectivity index (χ3v) is 1.27. The number of amides is 1. The van der Waals surface area contributed by atoms with Crippen molar-refractivity contribution in [2.75, 3.05) is 6.54 Å². The first-order valence-electron chi connectivity index (χ1n) is 3.91. The number of esters is 1. The summed E-state index contributed by atoms with van der Waals surface area (Å²) in [4.78, 5) is 20.1. The summed E-state index contributed by atoms with van der Waals surface area (Å²) in [5, 5.41) is 2.68. The number of hydrogen-bond acceptors (Lipinski definition) is 3. The highest BCUT2D eigenvalue weighted by Gasteiger charge is 2.05. The van der Waals surface area contributed by atoms with Crippen molar-refractivity contribution < 1.29 is 14.3 Å². The second-order valence-corrected chi connectivity index (χ2v) is 2.26. The van der Waals surface area contributed by atoms with Crippen molar-refractivity contribution in [2.24, 2.45) is 0 Å². The zero-order valence-corrected chi connectivity index (χ0v) is 7.41. The number of rotatable bonds is 2. The minimum atomic E-state index is -0.477. The van der Waals surface area contributed by atoms with E-state index in [9.17, 15) is 9.59 Å². The molecule has 0 aliphatic carbocycles. The van der Waals surface area contributed by atoms with E-state index >= 15 is 0 Å². The second kappa shape index (κ2) is 7.09. The number of nitrogens with one attached hydrogen (secondary N) is 1. The van der Waals surface area contributed by atoms with Crippen LogP contribution in [0.1, 0.15) is 12.8 Å². The average molecular weight is 183 g/mol. The van der Waals surface area contributed by atoms with E-state index in [1.54, 1.807) is 0 Å². The summed E-state index contributed by atoms with van der Waals surface area (Å²) in [6.07, 6.45) is 3.89. The molecule has 13 heavy (non-hydrogen) atoms. The van der Waals surface area contributed by atoms with Gasteiger partial charge in [0.25, 0.3) is 0 Å². The van der Waals surface area contributed by atoms with Gasteiger partial charge in [-0.05, 0) is 6.42 Å². The molecule has 1 N–H and O–H groups in total. The third-order valence-electron chi connectivity index (χ3n) is 1.27. The minimum Gasteiger partial charge on any atom is -0.432 e. The van der Waals surface area contributed by atoms with E-state index < -0.39 is 5.97 Å². The van der Waals surface area contributed by atoms with Crippen LogP contribution < -0.4 is 5.32 Å². The quantitative estimate of drug-likeness (QED) is 0.390. The van der Waals surface area contributed by atoms with Gasteiger partial charge >= 0.3 is 5.97 Å². The van der Waals surface area contributed by atoms with E-state index in [0.717, 1.165) is 31.7 Å². The first kappa shape index (κ1) is 11.4. The first-order chi connectivity index (χ1) is 6.20. The molecule has 4 heteroatoms. The van der Waals surface area contributed by atoms with Gasteiger partial charge in [0.15, 0.2) is 0 Å². The van der Waals surface area contributed by atoms with E-state index in [-0.39, 0.29) is 5.91 Å². The Morgan fingerprint density at radius 1 is 1.54 bits per heavy atom. The fourth-order valence-electron chi connectivity index (χ4n) is 0.695. The normalized spacial score (nSPS) is 13.4. The van der Waals surface area contributed by atoms with Gasteiger partial charge in [-0.2, -0.15) is 0 Å². The van der Waals surface area contributed by atoms with Crippen molar-refractivity contribution in [2.45, 2.75) is 12.8 Å². The Morgan fingerprint density at radius 3 is 2.38 bits per heavy atom. The van der Waals surface area contributed by atoms with Crippen molar-refractivity contribution in [3.63, 3.8) is 0 Å². The summed E-state index contributed by atoms with van der Waals surface area (Å²) < 4.78 is 4.20. The zero-order valence-electron chi connectivity index (χ0n) is 7.41. The number of ether oxygens (including phenoxy) is 1. The van der Waals surface area contributed by atoms with E-state index in [1.807, 2.05) is 0 Å². The molecule has 1 heterocycles. The molecule has 0 aromatic carbocycles. The van der Waals surface area contributed by atoms with Crippen LogP contribution in [0.15, 0.2) is 25.5 Å². The lowest BCUT2D eigenvalue weighted by Crippen LogP contribution is -2.12. The summed E-state index contributed by atoms with van der Waals surface area (Å²) in [6, 6.07) is 0. The molecular formula is C9H13NO3. The summed E-state index contributed by atoms with van der Waals surface area (Å²) in [5.41, 5.74) is 0. The number of carbonyl (C=O) groups is 2. The van der Waals surface area contributed by atoms with Crippen LogP contribution in [0, 0.1) is 0 Å². The second-order valence-electron chi connectivity index (χ2n) is 2.26. The molecule has 1 aliphatic rings. The Bertz CT molecular complexity index is 203. The topological polar surface area (TPSA) is 55.4 Å². The molecule has 0 aromatic heterocycles. The SMILES string of the molecule is C=COC(=O)C=C.O=C1CCCN1. The zero-order chi connectivity index (χ0) is 10.1. The van der Waals surface area contributed by atoms with Crippen LogP contribution >= 0.6 is 0 Å². The molecule has 0 saturated carbocycles. The molecule has 0 bridgehead atoms. The highest BCUT2D eigenvalue weighted by molar-refractivity contribution is 5.81. The van der Waals surface area contributed by atoms with Gasteiger partial charge in [0.05, 0.1) is 6.26 Å². The lowest BCUT2D eigenvalue weighted by Gasteiger charge is -1.85. The molecule has 1 amide bonds. The number of hydrogen-bond donors (Lipinski definition) is 1. The lowest BCUT2D eigenvalue weighted by molar-refractivity contribution is -0.132. The van der Waals surface area contributed by atoms with E-state index in [2.05, 4.69) is 23.2 Å². The Hall–Kier alpha value is -1.58. The Kier molecular flexibility index (Phi) is 6.23. The molecule has 0 spiro atoms. The predicted octanol–water partition coefficient (Wildman–Crippen LogP) is 0.755. The molecule has 4 nitrogen and oxygen atoms in total. The van der Waals surface area contributed by atoms with E-state index in [1.165, 1.54) is 0 Å². The Balaban J connectivity index is 0.000000223. The molecule has 0 radical (unpaired) electrons. The van der Waals surface area contributed by atoms with Gasteiger partial charge in [-0.3, -0.25) is 4.79 Å². The van der Waals surface area contributed by atoms with Gasteiger partial charge in [0, 0.05) is 19.0 Å². The smallest absolute Gasteiger partial charge is 0.334 e. The van der Waals surface area contributed by atoms with Gasteiger partial charge in [-0.25, -0.2) is 4.79 Å². The first-order valence-corrected chi connectivity index (χ1v) is 3.91. The van der Waals surface area contributed by atoms with E-state index in [4.69, 9.17) is 0 Å². The summed E-state index contributed by atoms with van der Waals surface area (Å²) in [6.45, 7) is 7.20. The molecular weight excluding hydrogens is 170 g/mol. The summed E-state index contributed by atoms with van der Waals surface area (Å²) in [5.74, 6) is -0.273. The molecule has 0 aromatic rings. The molecule has 0 unspecified atom stereocenters. The van der Waals surface area contributed by atoms with Gasteiger partial charge in [-0.15, -0.1) is 0 Å². The van der Waals surface area contributed by atoms with Crippen LogP contribution in [-0.2, 0) is 14.3 Å². The maximum absolute atomic E-state index is 10.1. The number of carbonyl (C=O) groups excluding carboxylic acids is 2. The van der Waals surface area contributed by atoms with Crippen LogP contribution in [0.3, 0.4) is 0 Å². The van der Waals surface area contributed by atoms with Crippen molar-refractivity contribution in [3.05, 3.63) is 25.5 Å². The molecule has 72 valence electrons. The van der Waals surface area contributed by atoms with Crippen LogP contribution in [0.5, 0.6) is 0 Å². The highest BCUT2D eigenvalue weighted by Crippen LogP contribution is 1.93. The Labute approximate surface area is 77.3 Å². The predicted molar refractivity (Wildman–Crippen MR) is 48.7 cm³/mol. The monoisotopic (exact) mass is 183 g/mol. The van der Waals surface area contributed by atoms with Gasteiger partial charge in [0.1, 0.15) is 0 Å². The fourth-order valence-corrected chi connectivity index (χ4v) is 0.695. The van der Waals surface area contributed by atoms with Crippen molar-refractivity contribution >= 4 is 11.9 Å². The Morgan fingerprint density at radius 2 is 2.23 bits per heavy atom. The largest absolute Gasteiger partial charge is 0.432 e. The van der Waals surface area contributed by atoms with Crippen molar-refractivity contribution in [1.82, 2.24) is 5.32 Å². The van der Waals surface area contributed by atoms with Crippen LogP contribution in [-0.4, -0.2) is 18.4 Å². The third kappa shape index (κ3) is 6.80. The van der Waals surface area contributed by atoms with Crippen LogP contribution in [0.25, 0.3) is 0 Å². The standard InChI is InChI=1S/C5H6O2.C4H7NO/c1-3-5(6)7-4-2;6-4-2-1-3-5-4/h3-4H,1-2H2;1-3H2,(H,5,6). The molecule has 1 rings (SSSR count).